The van der Waals surface area contributed by atoms with Gasteiger partial charge in [0.15, 0.2) is 5.83 Å². The van der Waals surface area contributed by atoms with E-state index in [1.54, 1.807) is 0 Å². The van der Waals surface area contributed by atoms with Crippen LogP contribution in [-0.4, -0.2) is 12.0 Å². The smallest absolute Gasteiger partial charge is 0.307 e. The van der Waals surface area contributed by atoms with Crippen LogP contribution in [0.15, 0.2) is 35.5 Å². The van der Waals surface area contributed by atoms with Gasteiger partial charge in [0.1, 0.15) is 0 Å². The molecule has 0 aliphatic rings. The molecular formula is C7H7ClFNO3. The second-order valence-electron chi connectivity index (χ2n) is 1.96. The first-order valence-corrected chi connectivity index (χ1v) is 3.41. The summed E-state index contributed by atoms with van der Waals surface area (Å²) in [5, 5.41) is 9.71. The Balaban J connectivity index is 5.11. The van der Waals surface area contributed by atoms with Crippen LogP contribution < -0.4 is 0 Å². The summed E-state index contributed by atoms with van der Waals surface area (Å²) in [6.07, 6.45) is 0. The number of allylic oxidation sites excluding steroid dienone is 2. The van der Waals surface area contributed by atoms with Crippen molar-refractivity contribution in [1.82, 2.24) is 0 Å². The summed E-state index contributed by atoms with van der Waals surface area (Å²) in [4.78, 5) is 9.30. The molecule has 0 N–H and O–H groups in total. The van der Waals surface area contributed by atoms with Gasteiger partial charge in [-0.05, 0) is 6.58 Å². The molecule has 0 rings (SSSR count). The number of nitro groups is 1. The minimum Gasteiger partial charge on any atom is -0.488 e. The summed E-state index contributed by atoms with van der Waals surface area (Å²) in [7, 11) is 1.07. The van der Waals surface area contributed by atoms with Crippen LogP contribution in [0.2, 0.25) is 0 Å². The molecule has 0 aromatic rings. The van der Waals surface area contributed by atoms with Gasteiger partial charge in [-0.3, -0.25) is 10.1 Å². The van der Waals surface area contributed by atoms with Gasteiger partial charge in [0.05, 0.1) is 17.1 Å². The van der Waals surface area contributed by atoms with Gasteiger partial charge in [0, 0.05) is 0 Å². The molecule has 4 nitrogen and oxygen atoms in total. The van der Waals surface area contributed by atoms with Crippen LogP contribution in [0.1, 0.15) is 0 Å². The van der Waals surface area contributed by atoms with E-state index in [-0.39, 0.29) is 0 Å². The molecule has 0 spiro atoms. The average molecular weight is 208 g/mol. The van der Waals surface area contributed by atoms with Crippen molar-refractivity contribution >= 4 is 11.6 Å². The Morgan fingerprint density at radius 3 is 2.31 bits per heavy atom. The van der Waals surface area contributed by atoms with Crippen molar-refractivity contribution in [2.45, 2.75) is 0 Å². The number of methoxy groups -OCH3 is 1. The van der Waals surface area contributed by atoms with Crippen LogP contribution in [0.5, 0.6) is 0 Å². The monoisotopic (exact) mass is 207 g/mol. The number of ether oxygens (including phenoxy) is 1. The summed E-state index contributed by atoms with van der Waals surface area (Å²) in [6.45, 7) is 6.06. The SMILES string of the molecule is C=C(Cl)/C(F)=C(/OC)C(=C)[N+](=O)[O-]. The van der Waals surface area contributed by atoms with Crippen molar-refractivity contribution in [2.24, 2.45) is 0 Å². The molecule has 72 valence electrons. The number of hydrogen-bond acceptors (Lipinski definition) is 3. The van der Waals surface area contributed by atoms with E-state index in [1.165, 1.54) is 0 Å². The maximum atomic E-state index is 13.0. The topological polar surface area (TPSA) is 52.4 Å². The van der Waals surface area contributed by atoms with E-state index in [9.17, 15) is 14.5 Å². The number of halogens is 2. The average Bonchev–Trinajstić information content (AvgIpc) is 2.04. The van der Waals surface area contributed by atoms with Crippen LogP contribution in [0.4, 0.5) is 4.39 Å². The molecule has 0 unspecified atom stereocenters. The minimum absolute atomic E-state index is 0.472. The van der Waals surface area contributed by atoms with Crippen molar-refractivity contribution in [3.8, 4) is 0 Å². The Hall–Kier alpha value is -1.36. The number of rotatable bonds is 4. The molecule has 0 bridgehead atoms. The first-order valence-electron chi connectivity index (χ1n) is 3.04. The molecular weight excluding hydrogens is 201 g/mol. The molecule has 0 atom stereocenters. The molecule has 0 radical (unpaired) electrons. The van der Waals surface area contributed by atoms with E-state index in [0.29, 0.717) is 0 Å². The van der Waals surface area contributed by atoms with E-state index in [2.05, 4.69) is 17.9 Å². The first-order chi connectivity index (χ1) is 5.91. The van der Waals surface area contributed by atoms with Gasteiger partial charge in [-0.2, -0.15) is 0 Å². The lowest BCUT2D eigenvalue weighted by atomic mass is 10.3. The molecule has 13 heavy (non-hydrogen) atoms. The fraction of sp³-hybridized carbons (Fsp3) is 0.143. The zero-order valence-corrected chi connectivity index (χ0v) is 7.60. The minimum atomic E-state index is -1.09. The lowest BCUT2D eigenvalue weighted by Gasteiger charge is -2.03. The van der Waals surface area contributed by atoms with Gasteiger partial charge in [0.2, 0.25) is 5.76 Å². The Labute approximate surface area is 79.1 Å². The third kappa shape index (κ3) is 2.87. The van der Waals surface area contributed by atoms with Crippen LogP contribution in [0.3, 0.4) is 0 Å². The Kier molecular flexibility index (Phi) is 4.13. The van der Waals surface area contributed by atoms with Gasteiger partial charge in [-0.25, -0.2) is 4.39 Å². The lowest BCUT2D eigenvalue weighted by molar-refractivity contribution is -0.423. The van der Waals surface area contributed by atoms with Crippen molar-refractivity contribution in [2.75, 3.05) is 7.11 Å². The molecule has 0 aromatic carbocycles. The van der Waals surface area contributed by atoms with Crippen LogP contribution >= 0.6 is 11.6 Å². The lowest BCUT2D eigenvalue weighted by Crippen LogP contribution is -2.04. The van der Waals surface area contributed by atoms with Gasteiger partial charge in [-0.15, -0.1) is 0 Å². The molecule has 0 aliphatic carbocycles. The van der Waals surface area contributed by atoms with E-state index < -0.39 is 27.2 Å². The van der Waals surface area contributed by atoms with E-state index in [1.807, 2.05) is 0 Å². The van der Waals surface area contributed by atoms with E-state index in [0.717, 1.165) is 7.11 Å². The Morgan fingerprint density at radius 1 is 1.62 bits per heavy atom. The van der Waals surface area contributed by atoms with Gasteiger partial charge < -0.3 is 4.74 Å². The third-order valence-electron chi connectivity index (χ3n) is 1.12. The highest BCUT2D eigenvalue weighted by atomic mass is 35.5. The van der Waals surface area contributed by atoms with Crippen LogP contribution in [0.25, 0.3) is 0 Å². The highest BCUT2D eigenvalue weighted by molar-refractivity contribution is 6.31. The maximum Gasteiger partial charge on any atom is 0.307 e. The fourth-order valence-electron chi connectivity index (χ4n) is 0.540. The Morgan fingerprint density at radius 2 is 2.08 bits per heavy atom. The summed E-state index contributed by atoms with van der Waals surface area (Å²) < 4.78 is 17.4. The maximum absolute atomic E-state index is 13.0. The van der Waals surface area contributed by atoms with Crippen molar-refractivity contribution in [3.05, 3.63) is 45.6 Å². The summed E-state index contributed by atoms with van der Waals surface area (Å²) in [5.74, 6) is -1.71. The summed E-state index contributed by atoms with van der Waals surface area (Å²) in [6, 6.07) is 0. The second kappa shape index (κ2) is 4.61. The quantitative estimate of drug-likeness (QED) is 0.308. The zero-order chi connectivity index (χ0) is 10.6. The van der Waals surface area contributed by atoms with Crippen LogP contribution in [0, 0.1) is 10.1 Å². The largest absolute Gasteiger partial charge is 0.488 e. The Bertz CT molecular complexity index is 298. The van der Waals surface area contributed by atoms with Crippen LogP contribution in [-0.2, 0) is 4.74 Å². The van der Waals surface area contributed by atoms with Gasteiger partial charge in [-0.1, -0.05) is 18.2 Å². The number of nitrogens with zero attached hydrogens (tertiary/aromatic N) is 1. The normalized spacial score (nSPS) is 11.6. The molecule has 0 aliphatic heterocycles. The van der Waals surface area contributed by atoms with Gasteiger partial charge >= 0.3 is 5.70 Å². The first kappa shape index (κ1) is 11.6. The van der Waals surface area contributed by atoms with Gasteiger partial charge in [0.25, 0.3) is 0 Å². The van der Waals surface area contributed by atoms with Crippen molar-refractivity contribution in [1.29, 1.82) is 0 Å². The molecule has 0 heterocycles. The number of hydrogen-bond donors (Lipinski definition) is 0. The van der Waals surface area contributed by atoms with E-state index in [4.69, 9.17) is 11.6 Å². The molecule has 6 heteroatoms. The van der Waals surface area contributed by atoms with Crippen molar-refractivity contribution < 1.29 is 14.1 Å². The third-order valence-corrected chi connectivity index (χ3v) is 1.29. The highest BCUT2D eigenvalue weighted by Crippen LogP contribution is 2.23. The molecule has 0 saturated carbocycles. The predicted molar refractivity (Wildman–Crippen MR) is 46.3 cm³/mol. The summed E-state index contributed by atoms with van der Waals surface area (Å²) in [5.41, 5.74) is -0.707. The van der Waals surface area contributed by atoms with Crippen molar-refractivity contribution in [3.63, 3.8) is 0 Å². The predicted octanol–water partition coefficient (Wildman–Crippen LogP) is 2.36. The molecule has 0 saturated heterocycles. The van der Waals surface area contributed by atoms with E-state index >= 15 is 0 Å². The summed E-state index contributed by atoms with van der Waals surface area (Å²) >= 11 is 5.18. The fourth-order valence-corrected chi connectivity index (χ4v) is 0.626. The zero-order valence-electron chi connectivity index (χ0n) is 6.84. The molecule has 0 fully saturated rings. The standard InChI is InChI=1S/C7H7ClFNO3/c1-4(8)6(9)7(13-3)5(2)10(11)12/h1-2H2,3H3/b7-6-. The highest BCUT2D eigenvalue weighted by Gasteiger charge is 2.21. The molecule has 0 aromatic heterocycles. The molecule has 0 amide bonds. The second-order valence-corrected chi connectivity index (χ2v) is 2.41.